The quantitative estimate of drug-likeness (QED) is 0.518. The van der Waals surface area contributed by atoms with Crippen molar-refractivity contribution in [1.29, 1.82) is 0 Å². The highest BCUT2D eigenvalue weighted by Crippen LogP contribution is 2.41. The molecule has 1 heteroatoms. The number of hydrogen-bond acceptors (Lipinski definition) is 1. The van der Waals surface area contributed by atoms with Gasteiger partial charge in [0.25, 0.3) is 0 Å². The van der Waals surface area contributed by atoms with Crippen LogP contribution in [0.4, 0.5) is 0 Å². The van der Waals surface area contributed by atoms with Crippen LogP contribution in [0.25, 0.3) is 0 Å². The second-order valence-electron chi connectivity index (χ2n) is 4.19. The van der Waals surface area contributed by atoms with Crippen molar-refractivity contribution in [2.24, 2.45) is 5.41 Å². The van der Waals surface area contributed by atoms with Gasteiger partial charge in [-0.15, -0.1) is 0 Å². The van der Waals surface area contributed by atoms with Crippen molar-refractivity contribution < 1.29 is 0 Å². The predicted molar refractivity (Wildman–Crippen MR) is 40.5 cm³/mol. The van der Waals surface area contributed by atoms with Crippen LogP contribution >= 0.6 is 0 Å². The lowest BCUT2D eigenvalue weighted by Crippen LogP contribution is -2.45. The largest absolute Gasteiger partial charge is 0.306 e. The molecule has 0 bridgehead atoms. The molecule has 0 aliphatic heterocycles. The molecular formula is C8H17N. The summed E-state index contributed by atoms with van der Waals surface area (Å²) in [7, 11) is 4.33. The van der Waals surface area contributed by atoms with Crippen molar-refractivity contribution in [3.05, 3.63) is 0 Å². The molecule has 54 valence electrons. The molecule has 0 aromatic carbocycles. The van der Waals surface area contributed by atoms with Crippen LogP contribution < -0.4 is 0 Å². The van der Waals surface area contributed by atoms with Gasteiger partial charge in [0.15, 0.2) is 0 Å². The Bertz CT molecular complexity index is 97.1. The van der Waals surface area contributed by atoms with E-state index >= 15 is 0 Å². The van der Waals surface area contributed by atoms with Crippen LogP contribution in [0.15, 0.2) is 0 Å². The summed E-state index contributed by atoms with van der Waals surface area (Å²) in [5, 5.41) is 0. The first-order chi connectivity index (χ1) is 4.01. The van der Waals surface area contributed by atoms with Gasteiger partial charge in [-0.05, 0) is 32.4 Å². The molecular weight excluding hydrogens is 110 g/mol. The summed E-state index contributed by atoms with van der Waals surface area (Å²) in [5.74, 6) is 0. The van der Waals surface area contributed by atoms with Crippen LogP contribution in [0.2, 0.25) is 0 Å². The molecule has 1 nitrogen and oxygen atoms in total. The normalized spacial score (nSPS) is 26.3. The molecule has 0 saturated heterocycles. The van der Waals surface area contributed by atoms with E-state index < -0.39 is 0 Å². The van der Waals surface area contributed by atoms with Gasteiger partial charge in [-0.2, -0.15) is 0 Å². The fraction of sp³-hybridized carbons (Fsp3) is 1.00. The van der Waals surface area contributed by atoms with E-state index in [4.69, 9.17) is 0 Å². The summed E-state index contributed by atoms with van der Waals surface area (Å²) in [5.41, 5.74) is 0.634. The average Bonchev–Trinajstić information content (AvgIpc) is 1.59. The van der Waals surface area contributed by atoms with Crippen LogP contribution in [0.3, 0.4) is 0 Å². The summed E-state index contributed by atoms with van der Waals surface area (Å²) in [6, 6.07) is 0.861. The Kier molecular flexibility index (Phi) is 1.55. The van der Waals surface area contributed by atoms with Gasteiger partial charge in [-0.25, -0.2) is 0 Å². The van der Waals surface area contributed by atoms with Gasteiger partial charge in [0.2, 0.25) is 0 Å². The third-order valence-corrected chi connectivity index (χ3v) is 2.31. The molecule has 1 rings (SSSR count). The van der Waals surface area contributed by atoms with Crippen LogP contribution in [0.1, 0.15) is 26.7 Å². The lowest BCUT2D eigenvalue weighted by molar-refractivity contribution is 0.0570. The maximum atomic E-state index is 2.34. The Morgan fingerprint density at radius 3 is 1.78 bits per heavy atom. The molecule has 0 aromatic heterocycles. The molecule has 9 heavy (non-hydrogen) atoms. The van der Waals surface area contributed by atoms with Gasteiger partial charge in [-0.1, -0.05) is 13.8 Å². The standard InChI is InChI=1S/C8H17N/c1-8(2)5-7(6-8)9(3)4/h7H,5-6H2,1-4H3. The Morgan fingerprint density at radius 2 is 1.67 bits per heavy atom. The Morgan fingerprint density at radius 1 is 1.22 bits per heavy atom. The van der Waals surface area contributed by atoms with E-state index in [9.17, 15) is 0 Å². The zero-order valence-electron chi connectivity index (χ0n) is 6.94. The molecule has 0 heterocycles. The van der Waals surface area contributed by atoms with Gasteiger partial charge in [0.05, 0.1) is 0 Å². The lowest BCUT2D eigenvalue weighted by Gasteiger charge is -2.45. The minimum absolute atomic E-state index is 0.634. The monoisotopic (exact) mass is 127 g/mol. The Balaban J connectivity index is 2.27. The summed E-state index contributed by atoms with van der Waals surface area (Å²) < 4.78 is 0. The van der Waals surface area contributed by atoms with Crippen LogP contribution in [0, 0.1) is 5.41 Å². The third kappa shape index (κ3) is 1.45. The topological polar surface area (TPSA) is 3.24 Å². The molecule has 0 N–H and O–H groups in total. The number of nitrogens with zero attached hydrogens (tertiary/aromatic N) is 1. The SMILES string of the molecule is CN(C)C1CC(C)(C)C1. The van der Waals surface area contributed by atoms with E-state index in [-0.39, 0.29) is 0 Å². The Labute approximate surface area is 58.0 Å². The average molecular weight is 127 g/mol. The number of hydrogen-bond donors (Lipinski definition) is 0. The molecule has 0 aromatic rings. The number of rotatable bonds is 1. The first kappa shape index (κ1) is 7.07. The zero-order valence-corrected chi connectivity index (χ0v) is 6.94. The molecule has 0 amide bonds. The smallest absolute Gasteiger partial charge is 0.00993 e. The summed E-state index contributed by atoms with van der Waals surface area (Å²) in [6.45, 7) is 4.68. The van der Waals surface area contributed by atoms with Crippen molar-refractivity contribution in [3.8, 4) is 0 Å². The summed E-state index contributed by atoms with van der Waals surface area (Å²) >= 11 is 0. The van der Waals surface area contributed by atoms with Crippen molar-refractivity contribution in [3.63, 3.8) is 0 Å². The van der Waals surface area contributed by atoms with E-state index in [1.807, 2.05) is 0 Å². The van der Waals surface area contributed by atoms with Crippen LogP contribution in [0.5, 0.6) is 0 Å². The molecule has 1 aliphatic carbocycles. The predicted octanol–water partition coefficient (Wildman–Crippen LogP) is 1.74. The summed E-state index contributed by atoms with van der Waals surface area (Å²) in [6.07, 6.45) is 2.75. The Hall–Kier alpha value is -0.0400. The van der Waals surface area contributed by atoms with E-state index in [0.29, 0.717) is 5.41 Å². The van der Waals surface area contributed by atoms with Crippen molar-refractivity contribution in [2.45, 2.75) is 32.7 Å². The highest BCUT2D eigenvalue weighted by Gasteiger charge is 2.36. The van der Waals surface area contributed by atoms with Gasteiger partial charge < -0.3 is 4.90 Å². The highest BCUT2D eigenvalue weighted by atomic mass is 15.1. The molecule has 1 fully saturated rings. The third-order valence-electron chi connectivity index (χ3n) is 2.31. The summed E-state index contributed by atoms with van der Waals surface area (Å²) in [4.78, 5) is 2.32. The molecule has 0 spiro atoms. The first-order valence-electron chi connectivity index (χ1n) is 3.68. The zero-order chi connectivity index (χ0) is 7.07. The second-order valence-corrected chi connectivity index (χ2v) is 4.19. The van der Waals surface area contributed by atoms with E-state index in [2.05, 4.69) is 32.8 Å². The van der Waals surface area contributed by atoms with E-state index in [1.54, 1.807) is 0 Å². The minimum atomic E-state index is 0.634. The van der Waals surface area contributed by atoms with Gasteiger partial charge >= 0.3 is 0 Å². The first-order valence-corrected chi connectivity index (χ1v) is 3.68. The second kappa shape index (κ2) is 1.98. The van der Waals surface area contributed by atoms with Crippen LogP contribution in [-0.4, -0.2) is 25.0 Å². The lowest BCUT2D eigenvalue weighted by atomic mass is 9.68. The van der Waals surface area contributed by atoms with Crippen molar-refractivity contribution in [1.82, 2.24) is 4.90 Å². The van der Waals surface area contributed by atoms with E-state index in [0.717, 1.165) is 6.04 Å². The van der Waals surface area contributed by atoms with Gasteiger partial charge in [0.1, 0.15) is 0 Å². The van der Waals surface area contributed by atoms with Crippen LogP contribution in [-0.2, 0) is 0 Å². The molecule has 1 aliphatic rings. The van der Waals surface area contributed by atoms with Gasteiger partial charge in [-0.3, -0.25) is 0 Å². The van der Waals surface area contributed by atoms with E-state index in [1.165, 1.54) is 12.8 Å². The van der Waals surface area contributed by atoms with Crippen molar-refractivity contribution >= 4 is 0 Å². The molecule has 0 unspecified atom stereocenters. The van der Waals surface area contributed by atoms with Crippen molar-refractivity contribution in [2.75, 3.05) is 14.1 Å². The molecule has 0 radical (unpaired) electrons. The van der Waals surface area contributed by atoms with Gasteiger partial charge in [0, 0.05) is 6.04 Å². The molecule has 0 atom stereocenters. The molecule has 1 saturated carbocycles. The maximum Gasteiger partial charge on any atom is 0.00993 e. The highest BCUT2D eigenvalue weighted by molar-refractivity contribution is 4.91. The fourth-order valence-corrected chi connectivity index (χ4v) is 1.58. The minimum Gasteiger partial charge on any atom is -0.306 e. The maximum absolute atomic E-state index is 2.34. The fourth-order valence-electron chi connectivity index (χ4n) is 1.58.